The first-order valence-corrected chi connectivity index (χ1v) is 11.0. The Morgan fingerprint density at radius 2 is 1.55 bits per heavy atom. The highest BCUT2D eigenvalue weighted by molar-refractivity contribution is 6.21. The van der Waals surface area contributed by atoms with E-state index in [0.717, 1.165) is 17.7 Å². The number of rotatable bonds is 9. The molecule has 1 aliphatic rings. The van der Waals surface area contributed by atoms with Crippen LogP contribution in [0.25, 0.3) is 0 Å². The molecule has 0 unspecified atom stereocenters. The molecule has 174 valence electrons. The summed E-state index contributed by atoms with van der Waals surface area (Å²) in [7, 11) is 1.51. The minimum atomic E-state index is -0.535. The predicted molar refractivity (Wildman–Crippen MR) is 123 cm³/mol. The van der Waals surface area contributed by atoms with Crippen molar-refractivity contribution in [1.29, 1.82) is 0 Å². The Morgan fingerprint density at radius 1 is 0.970 bits per heavy atom. The molecule has 33 heavy (non-hydrogen) atoms. The molecule has 0 saturated heterocycles. The van der Waals surface area contributed by atoms with Crippen LogP contribution in [0.15, 0.2) is 41.3 Å². The van der Waals surface area contributed by atoms with Crippen molar-refractivity contribution in [3.8, 4) is 0 Å². The first-order chi connectivity index (χ1) is 15.8. The summed E-state index contributed by atoms with van der Waals surface area (Å²) < 4.78 is 1.25. The van der Waals surface area contributed by atoms with Crippen molar-refractivity contribution in [2.24, 2.45) is 7.05 Å². The Hall–Kier alpha value is -3.75. The number of nitrogens with one attached hydrogen (secondary N) is 1. The quantitative estimate of drug-likeness (QED) is 0.587. The molecule has 0 saturated carbocycles. The monoisotopic (exact) mass is 452 g/mol. The minimum Gasteiger partial charge on any atom is -0.339 e. The van der Waals surface area contributed by atoms with Crippen LogP contribution in [0.5, 0.6) is 0 Å². The maximum absolute atomic E-state index is 12.9. The van der Waals surface area contributed by atoms with E-state index in [0.29, 0.717) is 29.8 Å². The zero-order valence-corrected chi connectivity index (χ0v) is 19.1. The van der Waals surface area contributed by atoms with Gasteiger partial charge in [-0.25, -0.2) is 0 Å². The van der Waals surface area contributed by atoms with Crippen molar-refractivity contribution >= 4 is 29.3 Å². The van der Waals surface area contributed by atoms with Gasteiger partial charge < -0.3 is 14.8 Å². The molecule has 2 heterocycles. The summed E-state index contributed by atoms with van der Waals surface area (Å²) in [6.07, 6.45) is 2.89. The summed E-state index contributed by atoms with van der Waals surface area (Å²) in [4.78, 5) is 65.6. The summed E-state index contributed by atoms with van der Waals surface area (Å²) in [6, 6.07) is 7.87. The normalized spacial score (nSPS) is 12.6. The summed E-state index contributed by atoms with van der Waals surface area (Å²) in [5.41, 5.74) is 0.440. The molecule has 0 aliphatic carbocycles. The predicted octanol–water partition coefficient (Wildman–Crippen LogP) is 2.27. The molecule has 0 fully saturated rings. The molecule has 0 atom stereocenters. The molecule has 9 heteroatoms. The Balaban J connectivity index is 1.71. The van der Waals surface area contributed by atoms with Crippen LogP contribution in [-0.2, 0) is 11.8 Å². The molecule has 1 aromatic carbocycles. The van der Waals surface area contributed by atoms with Crippen LogP contribution in [0.1, 0.15) is 64.2 Å². The van der Waals surface area contributed by atoms with Crippen molar-refractivity contribution in [2.45, 2.75) is 33.1 Å². The zero-order valence-electron chi connectivity index (χ0n) is 19.1. The molecule has 2 aromatic rings. The van der Waals surface area contributed by atoms with Gasteiger partial charge in [-0.1, -0.05) is 26.0 Å². The van der Waals surface area contributed by atoms with E-state index in [1.54, 1.807) is 29.2 Å². The van der Waals surface area contributed by atoms with Gasteiger partial charge in [-0.2, -0.15) is 0 Å². The maximum Gasteiger partial charge on any atom is 0.274 e. The molecule has 1 N–H and O–H groups in total. The Kier molecular flexibility index (Phi) is 7.42. The summed E-state index contributed by atoms with van der Waals surface area (Å²) >= 11 is 0. The second-order valence-corrected chi connectivity index (χ2v) is 7.96. The fourth-order valence-electron chi connectivity index (χ4n) is 3.82. The number of carbonyl (C=O) groups is 4. The first-order valence-electron chi connectivity index (χ1n) is 11.0. The maximum atomic E-state index is 12.9. The lowest BCUT2D eigenvalue weighted by molar-refractivity contribution is -0.116. The third kappa shape index (κ3) is 5.02. The van der Waals surface area contributed by atoms with Gasteiger partial charge in [-0.15, -0.1) is 0 Å². The van der Waals surface area contributed by atoms with Gasteiger partial charge in [-0.3, -0.25) is 28.9 Å². The second-order valence-electron chi connectivity index (χ2n) is 7.96. The molecule has 0 bridgehead atoms. The van der Waals surface area contributed by atoms with E-state index in [9.17, 15) is 24.0 Å². The van der Waals surface area contributed by atoms with Crippen LogP contribution >= 0.6 is 0 Å². The van der Waals surface area contributed by atoms with Crippen LogP contribution in [0, 0.1) is 0 Å². The summed E-state index contributed by atoms with van der Waals surface area (Å²) in [5.74, 6) is -1.64. The Morgan fingerprint density at radius 3 is 2.09 bits per heavy atom. The van der Waals surface area contributed by atoms with Crippen LogP contribution in [-0.4, -0.2) is 57.6 Å². The number of aromatic nitrogens is 1. The second kappa shape index (κ2) is 10.2. The molecule has 9 nitrogen and oxygen atoms in total. The Labute approximate surface area is 192 Å². The lowest BCUT2D eigenvalue weighted by Crippen LogP contribution is -2.35. The lowest BCUT2D eigenvalue weighted by atomic mass is 10.1. The van der Waals surface area contributed by atoms with Crippen LogP contribution < -0.4 is 10.9 Å². The topological polar surface area (TPSA) is 109 Å². The highest BCUT2D eigenvalue weighted by Crippen LogP contribution is 2.22. The number of aryl methyl sites for hydroxylation is 1. The number of imide groups is 1. The van der Waals surface area contributed by atoms with Gasteiger partial charge in [0.25, 0.3) is 23.3 Å². The fraction of sp³-hybridized carbons (Fsp3) is 0.375. The average molecular weight is 453 g/mol. The van der Waals surface area contributed by atoms with Crippen LogP contribution in [0.3, 0.4) is 0 Å². The highest BCUT2D eigenvalue weighted by atomic mass is 16.2. The van der Waals surface area contributed by atoms with E-state index in [1.165, 1.54) is 23.9 Å². The Bertz CT molecular complexity index is 1110. The van der Waals surface area contributed by atoms with E-state index in [4.69, 9.17) is 0 Å². The minimum absolute atomic E-state index is 0.0244. The number of carbonyl (C=O) groups excluding carboxylic acids is 4. The SMILES string of the molecule is CCCN(CCC)C(=O)c1cc(NC(=O)CCN2C(=O)c3ccccc3C2=O)c(=O)n(C)c1. The number of hydrogen-bond acceptors (Lipinski definition) is 5. The zero-order chi connectivity index (χ0) is 24.1. The molecule has 4 amide bonds. The standard InChI is InChI=1S/C24H28N4O5/c1-4-11-27(12-5-2)21(30)16-14-19(24(33)26(3)15-16)25-20(29)10-13-28-22(31)17-8-6-7-9-18(17)23(28)32/h6-9,14-15H,4-5,10-13H2,1-3H3,(H,25,29). The van der Waals surface area contributed by atoms with Crippen molar-refractivity contribution in [2.75, 3.05) is 25.0 Å². The van der Waals surface area contributed by atoms with Crippen molar-refractivity contribution in [3.05, 3.63) is 63.6 Å². The van der Waals surface area contributed by atoms with Crippen LogP contribution in [0.4, 0.5) is 5.69 Å². The average Bonchev–Trinajstić information content (AvgIpc) is 3.04. The number of hydrogen-bond donors (Lipinski definition) is 1. The number of anilines is 1. The van der Waals surface area contributed by atoms with Gasteiger partial charge in [0.1, 0.15) is 5.69 Å². The van der Waals surface area contributed by atoms with Crippen LogP contribution in [0.2, 0.25) is 0 Å². The van der Waals surface area contributed by atoms with E-state index in [2.05, 4.69) is 5.32 Å². The number of nitrogens with zero attached hydrogens (tertiary/aromatic N) is 3. The van der Waals surface area contributed by atoms with E-state index >= 15 is 0 Å². The largest absolute Gasteiger partial charge is 0.339 e. The smallest absolute Gasteiger partial charge is 0.274 e. The van der Waals surface area contributed by atoms with Crippen molar-refractivity contribution in [3.63, 3.8) is 0 Å². The van der Waals surface area contributed by atoms with Gasteiger partial charge >= 0.3 is 0 Å². The summed E-state index contributed by atoms with van der Waals surface area (Å²) in [5, 5.41) is 2.53. The molecular formula is C24H28N4O5. The van der Waals surface area contributed by atoms with Gasteiger partial charge in [0.2, 0.25) is 5.91 Å². The van der Waals surface area contributed by atoms with E-state index in [-0.39, 0.29) is 24.6 Å². The molecular weight excluding hydrogens is 424 g/mol. The van der Waals surface area contributed by atoms with Gasteiger partial charge in [0.05, 0.1) is 16.7 Å². The highest BCUT2D eigenvalue weighted by Gasteiger charge is 2.35. The third-order valence-electron chi connectivity index (χ3n) is 5.42. The lowest BCUT2D eigenvalue weighted by Gasteiger charge is -2.22. The number of fused-ring (bicyclic) bond motifs is 1. The molecule has 0 radical (unpaired) electrons. The molecule has 1 aromatic heterocycles. The van der Waals surface area contributed by atoms with Gasteiger partial charge in [0, 0.05) is 39.3 Å². The van der Waals surface area contributed by atoms with E-state index in [1.807, 2.05) is 13.8 Å². The summed E-state index contributed by atoms with van der Waals surface area (Å²) in [6.45, 7) is 5.04. The third-order valence-corrected chi connectivity index (χ3v) is 5.42. The van der Waals surface area contributed by atoms with Crippen molar-refractivity contribution < 1.29 is 19.2 Å². The van der Waals surface area contributed by atoms with Gasteiger partial charge in [0.15, 0.2) is 0 Å². The fourth-order valence-corrected chi connectivity index (χ4v) is 3.82. The molecule has 0 spiro atoms. The number of benzene rings is 1. The number of amides is 4. The molecule has 1 aliphatic heterocycles. The van der Waals surface area contributed by atoms with Crippen molar-refractivity contribution in [1.82, 2.24) is 14.4 Å². The number of pyridine rings is 1. The van der Waals surface area contributed by atoms with Gasteiger partial charge in [-0.05, 0) is 31.0 Å². The molecule has 3 rings (SSSR count). The van der Waals surface area contributed by atoms with E-state index < -0.39 is 23.3 Å². The first kappa shape index (κ1) is 23.9.